The lowest BCUT2D eigenvalue weighted by atomic mass is 10.1. The maximum Gasteiger partial charge on any atom is 0.272 e. The van der Waals surface area contributed by atoms with Crippen LogP contribution in [0.5, 0.6) is 0 Å². The van der Waals surface area contributed by atoms with Crippen LogP contribution in [0.4, 0.5) is 5.82 Å². The van der Waals surface area contributed by atoms with E-state index in [0.29, 0.717) is 25.7 Å². The predicted molar refractivity (Wildman–Crippen MR) is 132 cm³/mol. The fraction of sp³-hybridized carbons (Fsp3) is 0.280. The lowest BCUT2D eigenvalue weighted by Crippen LogP contribution is -2.37. The molecule has 0 atom stereocenters. The highest BCUT2D eigenvalue weighted by atomic mass is 16.5. The Hall–Kier alpha value is -4.18. The molecule has 6 rings (SSSR count). The summed E-state index contributed by atoms with van der Waals surface area (Å²) < 4.78 is 7.68. The van der Waals surface area contributed by atoms with E-state index >= 15 is 0 Å². The minimum Gasteiger partial charge on any atom is -0.378 e. The fourth-order valence-electron chi connectivity index (χ4n) is 4.38. The molecule has 4 aromatic heterocycles. The Labute approximate surface area is 202 Å². The van der Waals surface area contributed by atoms with Gasteiger partial charge in [0, 0.05) is 43.2 Å². The van der Waals surface area contributed by atoms with Crippen molar-refractivity contribution in [3.05, 3.63) is 60.6 Å². The van der Waals surface area contributed by atoms with E-state index in [9.17, 15) is 0 Å². The number of hydrogen-bond acceptors (Lipinski definition) is 8. The van der Waals surface area contributed by atoms with Gasteiger partial charge in [0.1, 0.15) is 11.5 Å². The zero-order valence-corrected chi connectivity index (χ0v) is 19.7. The third-order valence-corrected chi connectivity index (χ3v) is 6.11. The quantitative estimate of drug-likeness (QED) is 0.388. The first-order valence-corrected chi connectivity index (χ1v) is 11.7. The van der Waals surface area contributed by atoms with Crippen molar-refractivity contribution < 1.29 is 4.74 Å². The SMILES string of the molecule is CCn1c(-c2ccncc2)nc2c(N3CCOCC3)nc(-n3ncc(-c4cccc(C)c4)n3)nc21. The van der Waals surface area contributed by atoms with Crippen LogP contribution in [0.3, 0.4) is 0 Å². The standard InChI is InChI=1S/C25H25N9O/c1-3-33-22(18-7-9-26-10-8-18)28-21-23(32-11-13-35-14-12-32)29-25(30-24(21)33)34-27-16-20(31-34)19-6-4-5-17(2)15-19/h4-10,15-16H,3,11-14H2,1-2H3. The number of rotatable bonds is 5. The van der Waals surface area contributed by atoms with Crippen molar-refractivity contribution in [1.29, 1.82) is 0 Å². The Kier molecular flexibility index (Phi) is 5.42. The van der Waals surface area contributed by atoms with Gasteiger partial charge in [-0.1, -0.05) is 23.8 Å². The molecule has 5 heterocycles. The molecule has 0 radical (unpaired) electrons. The van der Waals surface area contributed by atoms with Gasteiger partial charge in [-0.3, -0.25) is 4.98 Å². The summed E-state index contributed by atoms with van der Waals surface area (Å²) >= 11 is 0. The first kappa shape index (κ1) is 21.4. The molecule has 0 N–H and O–H groups in total. The molecule has 176 valence electrons. The van der Waals surface area contributed by atoms with Gasteiger partial charge >= 0.3 is 0 Å². The molecule has 1 aromatic carbocycles. The van der Waals surface area contributed by atoms with Gasteiger partial charge in [-0.25, -0.2) is 4.98 Å². The molecule has 1 saturated heterocycles. The van der Waals surface area contributed by atoms with Crippen LogP contribution < -0.4 is 4.90 Å². The highest BCUT2D eigenvalue weighted by Gasteiger charge is 2.24. The Morgan fingerprint density at radius 1 is 0.971 bits per heavy atom. The molecule has 0 unspecified atom stereocenters. The minimum absolute atomic E-state index is 0.411. The van der Waals surface area contributed by atoms with Crippen LogP contribution in [0.2, 0.25) is 0 Å². The molecule has 10 heteroatoms. The summed E-state index contributed by atoms with van der Waals surface area (Å²) in [7, 11) is 0. The second-order valence-corrected chi connectivity index (χ2v) is 8.42. The summed E-state index contributed by atoms with van der Waals surface area (Å²) in [5, 5.41) is 9.21. The number of morpholine rings is 1. The van der Waals surface area contributed by atoms with Gasteiger partial charge in [0.2, 0.25) is 0 Å². The number of nitrogens with zero attached hydrogens (tertiary/aromatic N) is 9. The first-order valence-electron chi connectivity index (χ1n) is 11.7. The third kappa shape index (κ3) is 3.91. The molecule has 0 bridgehead atoms. The molecule has 1 aliphatic heterocycles. The molecular formula is C25H25N9O. The summed E-state index contributed by atoms with van der Waals surface area (Å²) in [6.45, 7) is 7.60. The molecule has 10 nitrogen and oxygen atoms in total. The minimum atomic E-state index is 0.411. The maximum atomic E-state index is 5.58. The number of benzene rings is 1. The molecule has 5 aromatic rings. The van der Waals surface area contributed by atoms with Gasteiger partial charge in [-0.05, 0) is 32.0 Å². The van der Waals surface area contributed by atoms with Crippen LogP contribution in [-0.4, -0.2) is 65.8 Å². The Balaban J connectivity index is 1.53. The number of fused-ring (bicyclic) bond motifs is 1. The van der Waals surface area contributed by atoms with E-state index in [4.69, 9.17) is 24.8 Å². The van der Waals surface area contributed by atoms with E-state index in [0.717, 1.165) is 52.7 Å². The second kappa shape index (κ2) is 8.88. The van der Waals surface area contributed by atoms with Gasteiger partial charge in [0.05, 0.1) is 19.4 Å². The lowest BCUT2D eigenvalue weighted by Gasteiger charge is -2.27. The summed E-state index contributed by atoms with van der Waals surface area (Å²) in [4.78, 5) is 22.7. The molecule has 0 aliphatic carbocycles. The van der Waals surface area contributed by atoms with E-state index in [1.54, 1.807) is 18.6 Å². The molecule has 1 aliphatic rings. The van der Waals surface area contributed by atoms with Crippen LogP contribution in [0.15, 0.2) is 55.0 Å². The van der Waals surface area contributed by atoms with Crippen molar-refractivity contribution >= 4 is 17.0 Å². The zero-order chi connectivity index (χ0) is 23.8. The lowest BCUT2D eigenvalue weighted by molar-refractivity contribution is 0.122. The Morgan fingerprint density at radius 3 is 2.57 bits per heavy atom. The number of imidazole rings is 1. The van der Waals surface area contributed by atoms with Crippen LogP contribution in [0, 0.1) is 6.92 Å². The van der Waals surface area contributed by atoms with E-state index in [1.807, 2.05) is 24.3 Å². The average Bonchev–Trinajstić information content (AvgIpc) is 3.54. The average molecular weight is 468 g/mol. The van der Waals surface area contributed by atoms with E-state index in [2.05, 4.69) is 45.5 Å². The maximum absolute atomic E-state index is 5.58. The van der Waals surface area contributed by atoms with Crippen molar-refractivity contribution in [3.63, 3.8) is 0 Å². The molecule has 35 heavy (non-hydrogen) atoms. The third-order valence-electron chi connectivity index (χ3n) is 6.11. The fourth-order valence-corrected chi connectivity index (χ4v) is 4.38. The summed E-state index contributed by atoms with van der Waals surface area (Å²) in [6, 6.07) is 12.1. The number of ether oxygens (including phenoxy) is 1. The van der Waals surface area contributed by atoms with Gasteiger partial charge in [0.15, 0.2) is 17.0 Å². The number of hydrogen-bond donors (Lipinski definition) is 0. The van der Waals surface area contributed by atoms with Crippen LogP contribution in [-0.2, 0) is 11.3 Å². The van der Waals surface area contributed by atoms with E-state index in [-0.39, 0.29) is 0 Å². The highest BCUT2D eigenvalue weighted by Crippen LogP contribution is 2.30. The number of pyridine rings is 1. The van der Waals surface area contributed by atoms with E-state index < -0.39 is 0 Å². The topological polar surface area (TPSA) is 99.7 Å². The van der Waals surface area contributed by atoms with Gasteiger partial charge in [-0.15, -0.1) is 9.90 Å². The number of aromatic nitrogens is 8. The van der Waals surface area contributed by atoms with Crippen LogP contribution in [0.1, 0.15) is 12.5 Å². The molecular weight excluding hydrogens is 442 g/mol. The zero-order valence-electron chi connectivity index (χ0n) is 19.7. The normalized spacial score (nSPS) is 14.1. The summed E-state index contributed by atoms with van der Waals surface area (Å²) in [6.07, 6.45) is 5.29. The van der Waals surface area contributed by atoms with Gasteiger partial charge in [-0.2, -0.15) is 15.1 Å². The van der Waals surface area contributed by atoms with Crippen molar-refractivity contribution in [3.8, 4) is 28.6 Å². The van der Waals surface area contributed by atoms with Crippen molar-refractivity contribution in [1.82, 2.24) is 39.5 Å². The molecule has 0 saturated carbocycles. The van der Waals surface area contributed by atoms with Gasteiger partial charge in [0.25, 0.3) is 5.95 Å². The predicted octanol–water partition coefficient (Wildman–Crippen LogP) is 3.30. The van der Waals surface area contributed by atoms with Gasteiger partial charge < -0.3 is 14.2 Å². The molecule has 0 spiro atoms. The second-order valence-electron chi connectivity index (χ2n) is 8.42. The highest BCUT2D eigenvalue weighted by molar-refractivity contribution is 5.87. The van der Waals surface area contributed by atoms with E-state index in [1.165, 1.54) is 10.4 Å². The number of aryl methyl sites for hydroxylation is 2. The van der Waals surface area contributed by atoms with Crippen LogP contribution >= 0.6 is 0 Å². The number of anilines is 1. The Morgan fingerprint density at radius 2 is 1.80 bits per heavy atom. The largest absolute Gasteiger partial charge is 0.378 e. The monoisotopic (exact) mass is 467 g/mol. The van der Waals surface area contributed by atoms with Crippen LogP contribution in [0.25, 0.3) is 39.8 Å². The molecule has 1 fully saturated rings. The molecule has 0 amide bonds. The Bertz CT molecular complexity index is 1490. The summed E-state index contributed by atoms with van der Waals surface area (Å²) in [5.41, 5.74) is 5.43. The van der Waals surface area contributed by atoms with Crippen molar-refractivity contribution in [2.45, 2.75) is 20.4 Å². The first-order chi connectivity index (χ1) is 17.2. The smallest absolute Gasteiger partial charge is 0.272 e. The van der Waals surface area contributed by atoms with Crippen molar-refractivity contribution in [2.75, 3.05) is 31.2 Å². The summed E-state index contributed by atoms with van der Waals surface area (Å²) in [5.74, 6) is 2.01. The van der Waals surface area contributed by atoms with Crippen molar-refractivity contribution in [2.24, 2.45) is 0 Å².